The Hall–Kier alpha value is -0.620. The zero-order chi connectivity index (χ0) is 13.8. The van der Waals surface area contributed by atoms with E-state index in [2.05, 4.69) is 17.3 Å². The Morgan fingerprint density at radius 1 is 1.53 bits per heavy atom. The van der Waals surface area contributed by atoms with Crippen LogP contribution in [0.25, 0.3) is 0 Å². The molecule has 0 aromatic carbocycles. The highest BCUT2D eigenvalue weighted by Gasteiger charge is 2.27. The van der Waals surface area contributed by atoms with Crippen LogP contribution in [0, 0.1) is 6.92 Å². The second-order valence-corrected chi connectivity index (χ2v) is 5.20. The van der Waals surface area contributed by atoms with Gasteiger partial charge in [-0.1, -0.05) is 18.5 Å². The molecule has 5 nitrogen and oxygen atoms in total. The van der Waals surface area contributed by atoms with E-state index in [9.17, 15) is 0 Å². The lowest BCUT2D eigenvalue weighted by molar-refractivity contribution is -0.101. The molecule has 0 spiro atoms. The van der Waals surface area contributed by atoms with Crippen molar-refractivity contribution < 1.29 is 9.47 Å². The fourth-order valence-electron chi connectivity index (χ4n) is 2.45. The minimum atomic E-state index is 0.0694. The van der Waals surface area contributed by atoms with Crippen molar-refractivity contribution in [3.63, 3.8) is 0 Å². The van der Waals surface area contributed by atoms with E-state index in [-0.39, 0.29) is 12.1 Å². The number of rotatable bonds is 5. The van der Waals surface area contributed by atoms with E-state index < -0.39 is 0 Å². The van der Waals surface area contributed by atoms with Gasteiger partial charge in [-0.2, -0.15) is 5.10 Å². The van der Waals surface area contributed by atoms with Crippen LogP contribution in [0.4, 0.5) is 0 Å². The van der Waals surface area contributed by atoms with Crippen molar-refractivity contribution in [2.24, 2.45) is 7.05 Å². The number of ether oxygens (including phenoxy) is 2. The van der Waals surface area contributed by atoms with Crippen LogP contribution in [-0.2, 0) is 22.9 Å². The molecular formula is C13H22ClN3O2. The van der Waals surface area contributed by atoms with Crippen molar-refractivity contribution >= 4 is 11.6 Å². The topological polar surface area (TPSA) is 48.3 Å². The summed E-state index contributed by atoms with van der Waals surface area (Å²) in [5.74, 6) is 0. The standard InChI is InChI=1S/C13H22ClN3O2/c1-4-15-10(12-8-18-5-6-19-12)7-11-13(14)9(2)16-17(11)3/h10,12,15H,4-8H2,1-3H3. The molecule has 1 aromatic heterocycles. The first-order valence-corrected chi connectivity index (χ1v) is 7.12. The predicted molar refractivity (Wildman–Crippen MR) is 74.7 cm³/mol. The van der Waals surface area contributed by atoms with Crippen LogP contribution >= 0.6 is 11.6 Å². The molecule has 0 bridgehead atoms. The van der Waals surface area contributed by atoms with Crippen molar-refractivity contribution in [1.82, 2.24) is 15.1 Å². The Morgan fingerprint density at radius 2 is 2.32 bits per heavy atom. The van der Waals surface area contributed by atoms with E-state index in [0.29, 0.717) is 19.8 Å². The maximum Gasteiger partial charge on any atom is 0.0965 e. The Balaban J connectivity index is 2.11. The van der Waals surface area contributed by atoms with Gasteiger partial charge in [-0.05, 0) is 13.5 Å². The second-order valence-electron chi connectivity index (χ2n) is 4.82. The molecule has 0 radical (unpaired) electrons. The number of likely N-dealkylation sites (N-methyl/N-ethyl adjacent to an activating group) is 1. The van der Waals surface area contributed by atoms with E-state index in [4.69, 9.17) is 21.1 Å². The van der Waals surface area contributed by atoms with Gasteiger partial charge >= 0.3 is 0 Å². The van der Waals surface area contributed by atoms with Gasteiger partial charge in [-0.15, -0.1) is 0 Å². The third-order valence-electron chi connectivity index (χ3n) is 3.43. The molecule has 1 aliphatic rings. The fraction of sp³-hybridized carbons (Fsp3) is 0.769. The minimum Gasteiger partial charge on any atom is -0.376 e. The summed E-state index contributed by atoms with van der Waals surface area (Å²) in [6.07, 6.45) is 0.859. The molecule has 0 amide bonds. The van der Waals surface area contributed by atoms with E-state index in [1.54, 1.807) is 0 Å². The summed E-state index contributed by atoms with van der Waals surface area (Å²) in [5.41, 5.74) is 1.91. The lowest BCUT2D eigenvalue weighted by Gasteiger charge is -2.31. The van der Waals surface area contributed by atoms with Crippen molar-refractivity contribution in [1.29, 1.82) is 0 Å². The highest BCUT2D eigenvalue weighted by atomic mass is 35.5. The monoisotopic (exact) mass is 287 g/mol. The summed E-state index contributed by atoms with van der Waals surface area (Å²) >= 11 is 6.31. The first kappa shape index (κ1) is 14.8. The molecule has 6 heteroatoms. The highest BCUT2D eigenvalue weighted by molar-refractivity contribution is 6.31. The van der Waals surface area contributed by atoms with Crippen LogP contribution in [-0.4, -0.2) is 48.3 Å². The molecule has 19 heavy (non-hydrogen) atoms. The first-order valence-electron chi connectivity index (χ1n) is 6.74. The van der Waals surface area contributed by atoms with E-state index in [1.807, 2.05) is 18.7 Å². The molecule has 1 aliphatic heterocycles. The molecule has 2 atom stereocenters. The summed E-state index contributed by atoms with van der Waals surface area (Å²) in [5, 5.41) is 8.57. The maximum atomic E-state index is 6.31. The number of nitrogens with one attached hydrogen (secondary N) is 1. The second kappa shape index (κ2) is 6.70. The van der Waals surface area contributed by atoms with Crippen molar-refractivity contribution in [3.05, 3.63) is 16.4 Å². The number of hydrogen-bond donors (Lipinski definition) is 1. The molecule has 1 aromatic rings. The van der Waals surface area contributed by atoms with Gasteiger partial charge in [-0.3, -0.25) is 4.68 Å². The van der Waals surface area contributed by atoms with Gasteiger partial charge in [0.25, 0.3) is 0 Å². The zero-order valence-electron chi connectivity index (χ0n) is 11.8. The van der Waals surface area contributed by atoms with Crippen molar-refractivity contribution in [2.75, 3.05) is 26.4 Å². The van der Waals surface area contributed by atoms with Gasteiger partial charge in [0.2, 0.25) is 0 Å². The molecule has 108 valence electrons. The van der Waals surface area contributed by atoms with Crippen LogP contribution in [0.15, 0.2) is 0 Å². The maximum absolute atomic E-state index is 6.31. The van der Waals surface area contributed by atoms with Gasteiger partial charge in [0.1, 0.15) is 0 Å². The molecular weight excluding hydrogens is 266 g/mol. The molecule has 1 N–H and O–H groups in total. The van der Waals surface area contributed by atoms with Gasteiger partial charge in [-0.25, -0.2) is 0 Å². The fourth-order valence-corrected chi connectivity index (χ4v) is 2.68. The number of hydrogen-bond acceptors (Lipinski definition) is 4. The SMILES string of the molecule is CCNC(Cc1c(Cl)c(C)nn1C)C1COCCO1. The summed E-state index contributed by atoms with van der Waals surface area (Å²) in [4.78, 5) is 0. The molecule has 0 aliphatic carbocycles. The quantitative estimate of drug-likeness (QED) is 0.887. The first-order chi connectivity index (χ1) is 9.13. The Labute approximate surface area is 119 Å². The van der Waals surface area contributed by atoms with E-state index in [1.165, 1.54) is 0 Å². The van der Waals surface area contributed by atoms with Gasteiger partial charge < -0.3 is 14.8 Å². The average Bonchev–Trinajstić information content (AvgIpc) is 2.65. The van der Waals surface area contributed by atoms with Crippen molar-refractivity contribution in [3.8, 4) is 0 Å². The van der Waals surface area contributed by atoms with Crippen LogP contribution in [0.1, 0.15) is 18.3 Å². The number of nitrogens with zero attached hydrogens (tertiary/aromatic N) is 2. The van der Waals surface area contributed by atoms with Crippen LogP contribution in [0.2, 0.25) is 5.02 Å². The highest BCUT2D eigenvalue weighted by Crippen LogP contribution is 2.22. The smallest absolute Gasteiger partial charge is 0.0965 e. The molecule has 0 saturated carbocycles. The number of aromatic nitrogens is 2. The molecule has 2 rings (SSSR count). The molecule has 2 unspecified atom stereocenters. The molecule has 2 heterocycles. The van der Waals surface area contributed by atoms with Gasteiger partial charge in [0, 0.05) is 19.5 Å². The molecule has 1 fully saturated rings. The largest absolute Gasteiger partial charge is 0.376 e. The summed E-state index contributed by atoms with van der Waals surface area (Å²) in [6.45, 7) is 6.87. The lowest BCUT2D eigenvalue weighted by atomic mass is 10.0. The Morgan fingerprint density at radius 3 is 2.84 bits per heavy atom. The van der Waals surface area contributed by atoms with E-state index >= 15 is 0 Å². The average molecular weight is 288 g/mol. The lowest BCUT2D eigenvalue weighted by Crippen LogP contribution is -2.48. The van der Waals surface area contributed by atoms with Crippen LogP contribution < -0.4 is 5.32 Å². The van der Waals surface area contributed by atoms with Gasteiger partial charge in [0.05, 0.1) is 42.3 Å². The number of halogens is 1. The zero-order valence-corrected chi connectivity index (χ0v) is 12.5. The minimum absolute atomic E-state index is 0.0694. The van der Waals surface area contributed by atoms with E-state index in [0.717, 1.165) is 29.4 Å². The summed E-state index contributed by atoms with van der Waals surface area (Å²) < 4.78 is 13.1. The third kappa shape index (κ3) is 3.48. The summed E-state index contributed by atoms with van der Waals surface area (Å²) in [7, 11) is 1.93. The van der Waals surface area contributed by atoms with Crippen LogP contribution in [0.3, 0.4) is 0 Å². The Bertz CT molecular complexity index is 416. The normalized spacial score (nSPS) is 21.6. The Kier molecular flexibility index (Phi) is 5.21. The predicted octanol–water partition coefficient (Wildman–Crippen LogP) is 1.32. The third-order valence-corrected chi connectivity index (χ3v) is 3.92. The van der Waals surface area contributed by atoms with Gasteiger partial charge in [0.15, 0.2) is 0 Å². The number of aryl methyl sites for hydroxylation is 2. The van der Waals surface area contributed by atoms with Crippen LogP contribution in [0.5, 0.6) is 0 Å². The molecule has 1 saturated heterocycles. The van der Waals surface area contributed by atoms with Crippen molar-refractivity contribution in [2.45, 2.75) is 32.4 Å². The summed E-state index contributed by atoms with van der Waals surface area (Å²) in [6, 6.07) is 0.192.